The van der Waals surface area contributed by atoms with Gasteiger partial charge in [-0.2, -0.15) is 10.1 Å². The summed E-state index contributed by atoms with van der Waals surface area (Å²) in [4.78, 5) is 28.3. The van der Waals surface area contributed by atoms with E-state index in [9.17, 15) is 4.79 Å². The van der Waals surface area contributed by atoms with Crippen LogP contribution in [0.25, 0.3) is 16.7 Å². The van der Waals surface area contributed by atoms with E-state index in [4.69, 9.17) is 9.97 Å². The van der Waals surface area contributed by atoms with Crippen molar-refractivity contribution >= 4 is 28.4 Å². The number of aromatic nitrogens is 5. The first-order valence-electron chi connectivity index (χ1n) is 13.4. The van der Waals surface area contributed by atoms with Crippen LogP contribution in [0.3, 0.4) is 0 Å². The Kier molecular flexibility index (Phi) is 6.38. The van der Waals surface area contributed by atoms with Gasteiger partial charge in [0, 0.05) is 61.4 Å². The summed E-state index contributed by atoms with van der Waals surface area (Å²) in [5.74, 6) is 0.507. The van der Waals surface area contributed by atoms with E-state index < -0.39 is 0 Å². The van der Waals surface area contributed by atoms with Crippen LogP contribution in [0.1, 0.15) is 44.3 Å². The molecule has 2 fully saturated rings. The zero-order valence-electron chi connectivity index (χ0n) is 21.6. The maximum absolute atomic E-state index is 13.7. The van der Waals surface area contributed by atoms with E-state index >= 15 is 0 Å². The summed E-state index contributed by atoms with van der Waals surface area (Å²) in [6.07, 6.45) is 7.71. The van der Waals surface area contributed by atoms with Gasteiger partial charge in [-0.15, -0.1) is 0 Å². The fourth-order valence-corrected chi connectivity index (χ4v) is 5.68. The van der Waals surface area contributed by atoms with E-state index in [-0.39, 0.29) is 11.6 Å². The quantitative estimate of drug-likeness (QED) is 0.425. The second-order valence-corrected chi connectivity index (χ2v) is 10.1. The van der Waals surface area contributed by atoms with Crippen molar-refractivity contribution in [3.8, 4) is 5.69 Å². The lowest BCUT2D eigenvalue weighted by atomic mass is 10.2. The molecule has 1 saturated heterocycles. The van der Waals surface area contributed by atoms with Crippen LogP contribution in [-0.2, 0) is 0 Å². The first kappa shape index (κ1) is 23.7. The largest absolute Gasteiger partial charge is 0.369 e. The van der Waals surface area contributed by atoms with E-state index in [1.54, 1.807) is 17.1 Å². The van der Waals surface area contributed by atoms with Crippen LogP contribution >= 0.6 is 0 Å². The number of hydrogen-bond acceptors (Lipinski definition) is 7. The third kappa shape index (κ3) is 4.59. The number of rotatable bonds is 6. The number of piperazine rings is 1. The van der Waals surface area contributed by atoms with Gasteiger partial charge >= 0.3 is 0 Å². The van der Waals surface area contributed by atoms with E-state index in [0.717, 1.165) is 75.2 Å². The Hall–Kier alpha value is -3.72. The summed E-state index contributed by atoms with van der Waals surface area (Å²) in [5, 5.41) is 8.58. The minimum atomic E-state index is -0.0559. The Morgan fingerprint density at radius 2 is 1.78 bits per heavy atom. The molecule has 9 nitrogen and oxygen atoms in total. The molecule has 0 atom stereocenters. The SMILES string of the molecule is CCN1CCN(c2ccc(Nc3nc(C)c4cc(-n5cccn5)c(=O)n(C5CCCC5)c4n3)cc2)CC1. The van der Waals surface area contributed by atoms with Crippen LogP contribution < -0.4 is 15.8 Å². The first-order valence-corrected chi connectivity index (χ1v) is 13.4. The maximum atomic E-state index is 13.7. The van der Waals surface area contributed by atoms with Crippen molar-refractivity contribution in [2.45, 2.75) is 45.6 Å². The summed E-state index contributed by atoms with van der Waals surface area (Å²) >= 11 is 0. The van der Waals surface area contributed by atoms with Crippen LogP contribution in [0.4, 0.5) is 17.3 Å². The molecule has 1 aliphatic heterocycles. The Bertz CT molecular complexity index is 1430. The lowest BCUT2D eigenvalue weighted by Crippen LogP contribution is -2.46. The molecule has 192 valence electrons. The highest BCUT2D eigenvalue weighted by molar-refractivity contribution is 5.81. The molecule has 1 saturated carbocycles. The molecule has 0 spiro atoms. The van der Waals surface area contributed by atoms with Gasteiger partial charge < -0.3 is 15.1 Å². The number of benzene rings is 1. The summed E-state index contributed by atoms with van der Waals surface area (Å²) in [5.41, 5.74) is 4.16. The fourth-order valence-electron chi connectivity index (χ4n) is 5.68. The van der Waals surface area contributed by atoms with Crippen molar-refractivity contribution in [3.63, 3.8) is 0 Å². The topological polar surface area (TPSA) is 84.1 Å². The van der Waals surface area contributed by atoms with Gasteiger partial charge in [0.1, 0.15) is 11.3 Å². The highest BCUT2D eigenvalue weighted by Crippen LogP contribution is 2.32. The number of likely N-dealkylation sites (N-methyl/N-ethyl adjacent to an activating group) is 1. The highest BCUT2D eigenvalue weighted by atomic mass is 16.1. The Labute approximate surface area is 216 Å². The average molecular weight is 499 g/mol. The predicted octanol–water partition coefficient (Wildman–Crippen LogP) is 4.29. The van der Waals surface area contributed by atoms with Gasteiger partial charge in [-0.25, -0.2) is 9.67 Å². The molecular formula is C28H34N8O. The predicted molar refractivity (Wildman–Crippen MR) is 147 cm³/mol. The van der Waals surface area contributed by atoms with Crippen molar-refractivity contribution in [2.24, 2.45) is 0 Å². The summed E-state index contributed by atoms with van der Waals surface area (Å²) < 4.78 is 3.53. The van der Waals surface area contributed by atoms with Crippen LogP contribution in [0.2, 0.25) is 0 Å². The van der Waals surface area contributed by atoms with E-state index in [1.165, 1.54) is 5.69 Å². The van der Waals surface area contributed by atoms with Gasteiger partial charge in [0.25, 0.3) is 5.56 Å². The van der Waals surface area contributed by atoms with Crippen LogP contribution in [0, 0.1) is 6.92 Å². The molecule has 3 aromatic heterocycles. The van der Waals surface area contributed by atoms with Crippen LogP contribution in [-0.4, -0.2) is 61.9 Å². The smallest absolute Gasteiger partial charge is 0.278 e. The molecule has 9 heteroatoms. The third-order valence-corrected chi connectivity index (χ3v) is 7.81. The monoisotopic (exact) mass is 498 g/mol. The lowest BCUT2D eigenvalue weighted by Gasteiger charge is -2.35. The summed E-state index contributed by atoms with van der Waals surface area (Å²) in [6, 6.07) is 12.3. The molecule has 4 aromatic rings. The molecule has 4 heterocycles. The molecule has 1 aromatic carbocycles. The standard InChI is InChI=1S/C28H34N8O/c1-3-33-15-17-34(18-16-33)22-11-9-21(10-12-22)31-28-30-20(2)24-19-25(35-14-6-13-29-35)27(37)36(26(24)32-28)23-7-4-5-8-23/h6,9-14,19,23H,3-5,7-8,15-18H2,1-2H3,(H,30,31,32). The molecule has 6 rings (SSSR count). The zero-order valence-corrected chi connectivity index (χ0v) is 21.6. The Balaban J connectivity index is 1.33. The second-order valence-electron chi connectivity index (χ2n) is 10.1. The van der Waals surface area contributed by atoms with Gasteiger partial charge in [0.15, 0.2) is 0 Å². The van der Waals surface area contributed by atoms with Crippen molar-refractivity contribution in [1.82, 2.24) is 29.2 Å². The minimum absolute atomic E-state index is 0.0559. The number of nitrogens with one attached hydrogen (secondary N) is 1. The molecule has 1 aliphatic carbocycles. The molecule has 0 unspecified atom stereocenters. The minimum Gasteiger partial charge on any atom is -0.369 e. The molecular weight excluding hydrogens is 464 g/mol. The number of aryl methyl sites for hydroxylation is 1. The Morgan fingerprint density at radius 3 is 2.46 bits per heavy atom. The maximum Gasteiger partial charge on any atom is 0.278 e. The lowest BCUT2D eigenvalue weighted by molar-refractivity contribution is 0.271. The van der Waals surface area contributed by atoms with Gasteiger partial charge in [-0.05, 0) is 62.7 Å². The summed E-state index contributed by atoms with van der Waals surface area (Å²) in [6.45, 7) is 9.61. The molecule has 0 radical (unpaired) electrons. The van der Waals surface area contributed by atoms with E-state index in [0.29, 0.717) is 17.3 Å². The van der Waals surface area contributed by atoms with E-state index in [2.05, 4.69) is 51.4 Å². The van der Waals surface area contributed by atoms with E-state index in [1.807, 2.05) is 23.6 Å². The highest BCUT2D eigenvalue weighted by Gasteiger charge is 2.24. The number of nitrogens with zero attached hydrogens (tertiary/aromatic N) is 7. The number of fused-ring (bicyclic) bond motifs is 1. The number of hydrogen-bond donors (Lipinski definition) is 1. The molecule has 0 amide bonds. The van der Waals surface area contributed by atoms with Crippen molar-refractivity contribution < 1.29 is 0 Å². The van der Waals surface area contributed by atoms with Crippen molar-refractivity contribution in [1.29, 1.82) is 0 Å². The van der Waals surface area contributed by atoms with Gasteiger partial charge in [0.05, 0.1) is 5.69 Å². The zero-order chi connectivity index (χ0) is 25.4. The molecule has 2 aliphatic rings. The van der Waals surface area contributed by atoms with Crippen LogP contribution in [0.5, 0.6) is 0 Å². The third-order valence-electron chi connectivity index (χ3n) is 7.81. The Morgan fingerprint density at radius 1 is 1.03 bits per heavy atom. The average Bonchev–Trinajstić information content (AvgIpc) is 3.64. The van der Waals surface area contributed by atoms with Gasteiger partial charge in [-0.1, -0.05) is 19.8 Å². The second kappa shape index (κ2) is 9.97. The fraction of sp³-hybridized carbons (Fsp3) is 0.429. The normalized spacial score (nSPS) is 17.1. The summed E-state index contributed by atoms with van der Waals surface area (Å²) in [7, 11) is 0. The molecule has 37 heavy (non-hydrogen) atoms. The molecule has 0 bridgehead atoms. The number of pyridine rings is 1. The first-order chi connectivity index (χ1) is 18.1. The van der Waals surface area contributed by atoms with Gasteiger partial charge in [0.2, 0.25) is 5.95 Å². The number of anilines is 3. The van der Waals surface area contributed by atoms with Gasteiger partial charge in [-0.3, -0.25) is 9.36 Å². The van der Waals surface area contributed by atoms with Crippen molar-refractivity contribution in [2.75, 3.05) is 42.9 Å². The molecule has 1 N–H and O–H groups in total. The van der Waals surface area contributed by atoms with Crippen LogP contribution in [0.15, 0.2) is 53.6 Å². The van der Waals surface area contributed by atoms with Crippen molar-refractivity contribution in [3.05, 3.63) is 64.8 Å².